The molecule has 0 amide bonds. The van der Waals surface area contributed by atoms with E-state index in [0.29, 0.717) is 0 Å². The van der Waals surface area contributed by atoms with Crippen LogP contribution in [0.1, 0.15) is 20.3 Å². The van der Waals surface area contributed by atoms with Gasteiger partial charge in [0.2, 0.25) is 0 Å². The Bertz CT molecular complexity index is 281. The van der Waals surface area contributed by atoms with Gasteiger partial charge in [0.25, 0.3) is 0 Å². The fraction of sp³-hybridized carbons (Fsp3) is 0.857. The first-order valence-electron chi connectivity index (χ1n) is 4.02. The standard InChI is InChI=1S/C7H14O6S/c1-5(8)3-7(10)4-14(11,12)13-6(2)9/h5,7-8,10H,3-4H2,1-2H3. The molecule has 0 aliphatic rings. The van der Waals surface area contributed by atoms with E-state index in [4.69, 9.17) is 10.2 Å². The summed E-state index contributed by atoms with van der Waals surface area (Å²) < 4.78 is 25.9. The van der Waals surface area contributed by atoms with Gasteiger partial charge in [-0.25, -0.2) is 0 Å². The second-order valence-corrected chi connectivity index (χ2v) is 4.65. The molecule has 0 saturated heterocycles. The van der Waals surface area contributed by atoms with Crippen molar-refractivity contribution in [2.75, 3.05) is 5.75 Å². The number of rotatable bonds is 5. The lowest BCUT2D eigenvalue weighted by atomic mass is 10.2. The van der Waals surface area contributed by atoms with Gasteiger partial charge >= 0.3 is 16.1 Å². The third-order valence-corrected chi connectivity index (χ3v) is 2.54. The van der Waals surface area contributed by atoms with Crippen molar-refractivity contribution in [2.45, 2.75) is 32.5 Å². The summed E-state index contributed by atoms with van der Waals surface area (Å²) in [7, 11) is -4.04. The molecule has 0 radical (unpaired) electrons. The number of carbonyl (C=O) groups is 1. The van der Waals surface area contributed by atoms with E-state index < -0.39 is 34.0 Å². The Morgan fingerprint density at radius 2 is 1.93 bits per heavy atom. The second-order valence-electron chi connectivity index (χ2n) is 3.04. The zero-order valence-corrected chi connectivity index (χ0v) is 8.82. The van der Waals surface area contributed by atoms with Gasteiger partial charge in [-0.1, -0.05) is 0 Å². The van der Waals surface area contributed by atoms with Gasteiger partial charge in [-0.3, -0.25) is 4.79 Å². The van der Waals surface area contributed by atoms with Gasteiger partial charge in [-0.2, -0.15) is 8.42 Å². The van der Waals surface area contributed by atoms with E-state index in [-0.39, 0.29) is 6.42 Å². The zero-order chi connectivity index (χ0) is 11.4. The molecule has 7 heteroatoms. The van der Waals surface area contributed by atoms with E-state index in [2.05, 4.69) is 4.18 Å². The molecule has 0 spiro atoms. The summed E-state index contributed by atoms with van der Waals surface area (Å²) in [5.41, 5.74) is 0. The molecule has 2 N–H and O–H groups in total. The molecule has 0 aliphatic heterocycles. The first kappa shape index (κ1) is 13.3. The summed E-state index contributed by atoms with van der Waals surface area (Å²) in [5, 5.41) is 18.0. The molecule has 0 aliphatic carbocycles. The van der Waals surface area contributed by atoms with Gasteiger partial charge in [-0.15, -0.1) is 0 Å². The molecule has 6 nitrogen and oxygen atoms in total. The van der Waals surface area contributed by atoms with Crippen LogP contribution in [0.3, 0.4) is 0 Å². The topological polar surface area (TPSA) is 101 Å². The summed E-state index contributed by atoms with van der Waals surface area (Å²) >= 11 is 0. The van der Waals surface area contributed by atoms with Gasteiger partial charge < -0.3 is 14.4 Å². The number of hydrogen-bond donors (Lipinski definition) is 2. The second kappa shape index (κ2) is 5.28. The Morgan fingerprint density at radius 3 is 2.29 bits per heavy atom. The molecule has 0 fully saturated rings. The number of aliphatic hydroxyl groups excluding tert-OH is 2. The average Bonchev–Trinajstić information content (AvgIpc) is 1.77. The molecule has 0 heterocycles. The third kappa shape index (κ3) is 6.81. The van der Waals surface area contributed by atoms with E-state index in [1.165, 1.54) is 6.92 Å². The van der Waals surface area contributed by atoms with Crippen molar-refractivity contribution in [3.05, 3.63) is 0 Å². The maximum Gasteiger partial charge on any atom is 0.319 e. The van der Waals surface area contributed by atoms with E-state index in [0.717, 1.165) is 6.92 Å². The summed E-state index contributed by atoms with van der Waals surface area (Å²) in [6.07, 6.45) is -2.13. The van der Waals surface area contributed by atoms with Crippen LogP contribution in [-0.2, 0) is 19.1 Å². The lowest BCUT2D eigenvalue weighted by molar-refractivity contribution is -0.131. The highest BCUT2D eigenvalue weighted by Gasteiger charge is 2.21. The minimum Gasteiger partial charge on any atom is -0.393 e. The van der Waals surface area contributed by atoms with Crippen molar-refractivity contribution in [2.24, 2.45) is 0 Å². The van der Waals surface area contributed by atoms with Crippen LogP contribution in [0.4, 0.5) is 0 Å². The van der Waals surface area contributed by atoms with Gasteiger partial charge in [0.05, 0.1) is 12.2 Å². The Morgan fingerprint density at radius 1 is 1.43 bits per heavy atom. The summed E-state index contributed by atoms with van der Waals surface area (Å²) in [5.74, 6) is -1.65. The van der Waals surface area contributed by atoms with Crippen molar-refractivity contribution in [1.29, 1.82) is 0 Å². The van der Waals surface area contributed by atoms with Crippen LogP contribution in [0.25, 0.3) is 0 Å². The molecule has 0 bridgehead atoms. The van der Waals surface area contributed by atoms with Crippen LogP contribution < -0.4 is 0 Å². The molecular weight excluding hydrogens is 212 g/mol. The van der Waals surface area contributed by atoms with E-state index in [9.17, 15) is 13.2 Å². The molecule has 0 saturated carbocycles. The van der Waals surface area contributed by atoms with Crippen molar-refractivity contribution < 1.29 is 27.6 Å². The minimum atomic E-state index is -4.04. The van der Waals surface area contributed by atoms with E-state index in [1.807, 2.05) is 0 Å². The maximum atomic E-state index is 10.9. The number of aliphatic hydroxyl groups is 2. The van der Waals surface area contributed by atoms with Crippen molar-refractivity contribution >= 4 is 16.1 Å². The monoisotopic (exact) mass is 226 g/mol. The first-order valence-corrected chi connectivity index (χ1v) is 5.59. The third-order valence-electron chi connectivity index (χ3n) is 1.25. The Kier molecular flexibility index (Phi) is 5.03. The molecule has 14 heavy (non-hydrogen) atoms. The number of carbonyl (C=O) groups excluding carboxylic acids is 1. The molecule has 0 aromatic rings. The Hall–Kier alpha value is -0.660. The van der Waals surface area contributed by atoms with Crippen LogP contribution in [0.15, 0.2) is 0 Å². The predicted molar refractivity (Wildman–Crippen MR) is 47.9 cm³/mol. The van der Waals surface area contributed by atoms with Crippen molar-refractivity contribution in [3.8, 4) is 0 Å². The van der Waals surface area contributed by atoms with Gasteiger partial charge in [-0.05, 0) is 6.92 Å². The van der Waals surface area contributed by atoms with Crippen LogP contribution in [0, 0.1) is 0 Å². The lowest BCUT2D eigenvalue weighted by Gasteiger charge is -2.11. The van der Waals surface area contributed by atoms with Crippen LogP contribution in [-0.4, -0.2) is 42.6 Å². The smallest absolute Gasteiger partial charge is 0.319 e. The fourth-order valence-electron chi connectivity index (χ4n) is 0.910. The molecular formula is C7H14O6S. The van der Waals surface area contributed by atoms with Gasteiger partial charge in [0.15, 0.2) is 0 Å². The van der Waals surface area contributed by atoms with Crippen molar-refractivity contribution in [1.82, 2.24) is 0 Å². The normalized spacial score (nSPS) is 16.0. The highest BCUT2D eigenvalue weighted by Crippen LogP contribution is 2.03. The van der Waals surface area contributed by atoms with Gasteiger partial charge in [0.1, 0.15) is 5.75 Å². The molecule has 0 aromatic heterocycles. The van der Waals surface area contributed by atoms with E-state index >= 15 is 0 Å². The molecule has 84 valence electrons. The average molecular weight is 226 g/mol. The predicted octanol–water partition coefficient (Wildman–Crippen LogP) is -0.989. The zero-order valence-electron chi connectivity index (χ0n) is 8.00. The Balaban J connectivity index is 4.16. The summed E-state index contributed by atoms with van der Waals surface area (Å²) in [6.45, 7) is 2.38. The highest BCUT2D eigenvalue weighted by atomic mass is 32.2. The fourth-order valence-corrected chi connectivity index (χ4v) is 1.94. The first-order chi connectivity index (χ1) is 6.23. The van der Waals surface area contributed by atoms with Crippen LogP contribution in [0.5, 0.6) is 0 Å². The highest BCUT2D eigenvalue weighted by molar-refractivity contribution is 7.87. The quantitative estimate of drug-likeness (QED) is 0.584. The molecule has 0 aromatic carbocycles. The number of hydrogen-bond acceptors (Lipinski definition) is 6. The SMILES string of the molecule is CC(=O)OS(=O)(=O)CC(O)CC(C)O. The van der Waals surface area contributed by atoms with Crippen LogP contribution in [0.2, 0.25) is 0 Å². The molecule has 2 unspecified atom stereocenters. The molecule has 2 atom stereocenters. The molecule has 0 rings (SSSR count). The maximum absolute atomic E-state index is 10.9. The summed E-state index contributed by atoms with van der Waals surface area (Å²) in [4.78, 5) is 10.3. The Labute approximate surface area is 82.6 Å². The van der Waals surface area contributed by atoms with Crippen LogP contribution >= 0.6 is 0 Å². The minimum absolute atomic E-state index is 0.0828. The van der Waals surface area contributed by atoms with E-state index in [1.54, 1.807) is 0 Å². The van der Waals surface area contributed by atoms with Crippen molar-refractivity contribution in [3.63, 3.8) is 0 Å². The lowest BCUT2D eigenvalue weighted by Crippen LogP contribution is -2.26. The largest absolute Gasteiger partial charge is 0.393 e. The van der Waals surface area contributed by atoms with Gasteiger partial charge in [0, 0.05) is 13.3 Å². The summed E-state index contributed by atoms with van der Waals surface area (Å²) in [6, 6.07) is 0.